The van der Waals surface area contributed by atoms with Gasteiger partial charge in [-0.3, -0.25) is 0 Å². The van der Waals surface area contributed by atoms with Gasteiger partial charge in [0.25, 0.3) is 0 Å². The van der Waals surface area contributed by atoms with E-state index >= 15 is 4.39 Å². The molecule has 1 heterocycles. The summed E-state index contributed by atoms with van der Waals surface area (Å²) in [7, 11) is 0. The quantitative estimate of drug-likeness (QED) is 0.0987. The molecule has 5 nitrogen and oxygen atoms in total. The monoisotopic (exact) mass is 748 g/mol. The predicted molar refractivity (Wildman–Crippen MR) is 217 cm³/mol. The van der Waals surface area contributed by atoms with Crippen molar-refractivity contribution in [2.75, 3.05) is 6.61 Å². The van der Waals surface area contributed by atoms with E-state index < -0.39 is 30.5 Å². The third kappa shape index (κ3) is 9.35. The summed E-state index contributed by atoms with van der Waals surface area (Å²) in [6, 6.07) is 50.6. The van der Waals surface area contributed by atoms with E-state index in [0.717, 1.165) is 46.2 Å². The van der Waals surface area contributed by atoms with Crippen LogP contribution in [0.5, 0.6) is 0 Å². The van der Waals surface area contributed by atoms with Crippen LogP contribution in [0.3, 0.4) is 0 Å². The minimum absolute atomic E-state index is 0.205. The number of hydrogen-bond acceptors (Lipinski definition) is 5. The second-order valence-corrected chi connectivity index (χ2v) is 15.0. The molecule has 56 heavy (non-hydrogen) atoms. The summed E-state index contributed by atoms with van der Waals surface area (Å²) < 4.78 is 50.7. The molecule has 2 aliphatic rings. The van der Waals surface area contributed by atoms with Gasteiger partial charge in [0.2, 0.25) is 0 Å². The summed E-state index contributed by atoms with van der Waals surface area (Å²) >= 11 is 0. The van der Waals surface area contributed by atoms with E-state index in [1.165, 1.54) is 16.7 Å². The standard InChI is InChI=1S/C50H49FO5/c1-35-26-45(51)44(29-43(35)28-40-22-23-41-24-25-42(41)27-40)47-49(54-32-38-18-10-4-11-19-38)50(55-33-39-20-12-5-13-21-39)48(53-31-37-16-8-3-9-17-37)46(56-47)34-52-30-36-14-6-2-7-15-36/h2-23,26-27,29,46-50H,24-25,28,30-34H2,1H3/t46-,47+,48-,49+,50+/m1/s1. The molecule has 0 spiro atoms. The molecule has 286 valence electrons. The SMILES string of the molecule is Cc1cc(F)c([C@@H]2O[C@H](COCc3ccccc3)[C@@H](OCc3ccccc3)[C@H](OCc3ccccc3)[C@H]2OCc2ccccc2)cc1Cc1ccc2c(c1)CC2. The second-order valence-electron chi connectivity index (χ2n) is 15.0. The number of hydrogen-bond donors (Lipinski definition) is 0. The lowest BCUT2D eigenvalue weighted by Gasteiger charge is -2.46. The smallest absolute Gasteiger partial charge is 0.129 e. The summed E-state index contributed by atoms with van der Waals surface area (Å²) in [5, 5.41) is 0. The molecule has 0 amide bonds. The van der Waals surface area contributed by atoms with E-state index in [1.54, 1.807) is 6.07 Å². The molecule has 1 aliphatic heterocycles. The van der Waals surface area contributed by atoms with Gasteiger partial charge in [-0.25, -0.2) is 4.39 Å². The van der Waals surface area contributed by atoms with Crippen molar-refractivity contribution < 1.29 is 28.1 Å². The third-order valence-electron chi connectivity index (χ3n) is 11.0. The van der Waals surface area contributed by atoms with Crippen LogP contribution >= 0.6 is 0 Å². The summed E-state index contributed by atoms with van der Waals surface area (Å²) in [4.78, 5) is 0. The van der Waals surface area contributed by atoms with Gasteiger partial charge in [-0.05, 0) is 88.4 Å². The fraction of sp³-hybridized carbons (Fsp3) is 0.280. The zero-order chi connectivity index (χ0) is 38.1. The van der Waals surface area contributed by atoms with Crippen LogP contribution in [0.1, 0.15) is 61.7 Å². The fourth-order valence-corrected chi connectivity index (χ4v) is 7.76. The Hall–Kier alpha value is -4.95. The van der Waals surface area contributed by atoms with Gasteiger partial charge in [0.15, 0.2) is 0 Å². The molecule has 1 saturated heterocycles. The molecule has 0 bridgehead atoms. The maximum Gasteiger partial charge on any atom is 0.129 e. The van der Waals surface area contributed by atoms with Crippen molar-refractivity contribution in [3.63, 3.8) is 0 Å². The first-order valence-corrected chi connectivity index (χ1v) is 19.7. The maximum absolute atomic E-state index is 16.6. The Kier molecular flexibility index (Phi) is 12.4. The van der Waals surface area contributed by atoms with E-state index in [2.05, 4.69) is 18.2 Å². The van der Waals surface area contributed by atoms with Crippen molar-refractivity contribution in [2.24, 2.45) is 0 Å². The fourth-order valence-electron chi connectivity index (χ4n) is 7.76. The molecule has 0 aromatic heterocycles. The molecule has 1 fully saturated rings. The summed E-state index contributed by atoms with van der Waals surface area (Å²) in [6.07, 6.45) is -0.483. The average molecular weight is 749 g/mol. The van der Waals surface area contributed by atoms with Crippen LogP contribution in [0.4, 0.5) is 4.39 Å². The topological polar surface area (TPSA) is 46.2 Å². The van der Waals surface area contributed by atoms with E-state index in [0.29, 0.717) is 31.8 Å². The van der Waals surface area contributed by atoms with Gasteiger partial charge < -0.3 is 23.7 Å². The zero-order valence-corrected chi connectivity index (χ0v) is 31.9. The molecular weight excluding hydrogens is 700 g/mol. The molecule has 8 rings (SSSR count). The molecule has 0 saturated carbocycles. The van der Waals surface area contributed by atoms with E-state index in [9.17, 15) is 0 Å². The summed E-state index contributed by atoms with van der Waals surface area (Å²) in [6.45, 7) is 3.50. The first-order valence-electron chi connectivity index (χ1n) is 19.7. The Morgan fingerprint density at radius 3 is 1.59 bits per heavy atom. The predicted octanol–water partition coefficient (Wildman–Crippen LogP) is 10.2. The Morgan fingerprint density at radius 2 is 1.05 bits per heavy atom. The number of aryl methyl sites for hydroxylation is 3. The van der Waals surface area contributed by atoms with Crippen molar-refractivity contribution in [2.45, 2.75) is 83.1 Å². The molecule has 5 atom stereocenters. The summed E-state index contributed by atoms with van der Waals surface area (Å²) in [5.41, 5.74) is 10.5. The molecular formula is C50H49FO5. The van der Waals surface area contributed by atoms with Crippen LogP contribution in [0.2, 0.25) is 0 Å². The maximum atomic E-state index is 16.6. The average Bonchev–Trinajstić information content (AvgIpc) is 3.22. The van der Waals surface area contributed by atoms with Crippen LogP contribution in [0, 0.1) is 12.7 Å². The highest BCUT2D eigenvalue weighted by molar-refractivity contribution is 5.43. The van der Waals surface area contributed by atoms with E-state index in [1.807, 2.05) is 134 Å². The molecule has 0 unspecified atom stereocenters. The highest BCUT2D eigenvalue weighted by Gasteiger charge is 2.49. The van der Waals surface area contributed by atoms with Gasteiger partial charge in [-0.2, -0.15) is 0 Å². The van der Waals surface area contributed by atoms with Crippen molar-refractivity contribution >= 4 is 0 Å². The molecule has 6 aromatic carbocycles. The van der Waals surface area contributed by atoms with Crippen molar-refractivity contribution in [1.82, 2.24) is 0 Å². The Labute approximate surface area is 330 Å². The van der Waals surface area contributed by atoms with Crippen molar-refractivity contribution in [3.8, 4) is 0 Å². The lowest BCUT2D eigenvalue weighted by atomic mass is 9.85. The zero-order valence-electron chi connectivity index (χ0n) is 31.9. The number of rotatable bonds is 16. The molecule has 6 heteroatoms. The minimum atomic E-state index is -0.822. The first kappa shape index (κ1) is 37.9. The third-order valence-corrected chi connectivity index (χ3v) is 11.0. The highest BCUT2D eigenvalue weighted by atomic mass is 19.1. The van der Waals surface area contributed by atoms with Crippen LogP contribution in [0.15, 0.2) is 152 Å². The van der Waals surface area contributed by atoms with Crippen molar-refractivity contribution in [1.29, 1.82) is 0 Å². The molecule has 6 aromatic rings. The van der Waals surface area contributed by atoms with Gasteiger partial charge in [0.1, 0.15) is 36.3 Å². The normalized spacial score (nSPS) is 20.3. The van der Waals surface area contributed by atoms with Gasteiger partial charge in [0.05, 0.1) is 33.0 Å². The lowest BCUT2D eigenvalue weighted by Crippen LogP contribution is -2.58. The van der Waals surface area contributed by atoms with E-state index in [-0.39, 0.29) is 19.0 Å². The van der Waals surface area contributed by atoms with Gasteiger partial charge in [-0.15, -0.1) is 0 Å². The number of benzene rings is 6. The Balaban J connectivity index is 1.17. The minimum Gasteiger partial charge on any atom is -0.374 e. The number of fused-ring (bicyclic) bond motifs is 1. The largest absolute Gasteiger partial charge is 0.374 e. The van der Waals surface area contributed by atoms with Gasteiger partial charge in [0, 0.05) is 5.56 Å². The van der Waals surface area contributed by atoms with Crippen molar-refractivity contribution in [3.05, 3.63) is 213 Å². The molecule has 0 radical (unpaired) electrons. The number of halogens is 1. The summed E-state index contributed by atoms with van der Waals surface area (Å²) in [5.74, 6) is -0.337. The van der Waals surface area contributed by atoms with Crippen LogP contribution < -0.4 is 0 Å². The van der Waals surface area contributed by atoms with Crippen LogP contribution in [-0.2, 0) is 69.4 Å². The Bertz CT molecular complexity index is 2140. The van der Waals surface area contributed by atoms with Crippen LogP contribution in [0.25, 0.3) is 0 Å². The molecule has 1 aliphatic carbocycles. The second kappa shape index (κ2) is 18.3. The van der Waals surface area contributed by atoms with Gasteiger partial charge in [-0.1, -0.05) is 140 Å². The Morgan fingerprint density at radius 1 is 0.536 bits per heavy atom. The first-order chi connectivity index (χ1) is 27.6. The lowest BCUT2D eigenvalue weighted by molar-refractivity contribution is -0.275. The number of ether oxygens (including phenoxy) is 5. The van der Waals surface area contributed by atoms with E-state index in [4.69, 9.17) is 23.7 Å². The highest BCUT2D eigenvalue weighted by Crippen LogP contribution is 2.40. The van der Waals surface area contributed by atoms with Gasteiger partial charge >= 0.3 is 0 Å². The van der Waals surface area contributed by atoms with Crippen LogP contribution in [-0.4, -0.2) is 31.0 Å². The molecule has 0 N–H and O–H groups in total.